The minimum absolute atomic E-state index is 0. The molecule has 1 aromatic carbocycles. The van der Waals surface area contributed by atoms with Crippen molar-refractivity contribution in [1.82, 2.24) is 20.5 Å². The number of morpholine rings is 1. The number of thiazole rings is 1. The Morgan fingerprint density at radius 1 is 1.18 bits per heavy atom. The average Bonchev–Trinajstić information content (AvgIpc) is 3.18. The Morgan fingerprint density at radius 2 is 1.89 bits per heavy atom. The van der Waals surface area contributed by atoms with Crippen LogP contribution in [0.3, 0.4) is 0 Å². The van der Waals surface area contributed by atoms with E-state index in [0.29, 0.717) is 6.54 Å². The lowest BCUT2D eigenvalue weighted by atomic mass is 10.1. The van der Waals surface area contributed by atoms with Gasteiger partial charge in [-0.2, -0.15) is 0 Å². The zero-order chi connectivity index (χ0) is 18.9. The topological polar surface area (TPSA) is 61.8 Å². The van der Waals surface area contributed by atoms with Gasteiger partial charge in [0.15, 0.2) is 5.96 Å². The van der Waals surface area contributed by atoms with Crippen molar-refractivity contribution in [2.45, 2.75) is 33.0 Å². The van der Waals surface area contributed by atoms with E-state index in [4.69, 9.17) is 4.74 Å². The van der Waals surface area contributed by atoms with Crippen LogP contribution >= 0.6 is 35.3 Å². The standard InChI is InChI=1S/C20H29N5OS.HI/c1-3-18-13-22-19(27-18)14-24-20(21-2)23-12-16-6-4-5-7-17(16)15-25-8-10-26-11-9-25;/h4-7,13H,3,8-12,14-15H2,1-2H3,(H2,21,23,24);1H. The third kappa shape index (κ3) is 6.98. The number of hydrogen-bond donors (Lipinski definition) is 2. The number of hydrogen-bond acceptors (Lipinski definition) is 5. The second kappa shape index (κ2) is 12.4. The second-order valence-electron chi connectivity index (χ2n) is 6.51. The Hall–Kier alpha value is -1.23. The van der Waals surface area contributed by atoms with Gasteiger partial charge in [0.2, 0.25) is 0 Å². The molecular formula is C20H30IN5OS. The molecule has 2 heterocycles. The van der Waals surface area contributed by atoms with Crippen molar-refractivity contribution in [2.75, 3.05) is 33.4 Å². The Bertz CT molecular complexity index is 746. The molecule has 154 valence electrons. The largest absolute Gasteiger partial charge is 0.379 e. The third-order valence-corrected chi connectivity index (χ3v) is 5.78. The molecule has 0 saturated carbocycles. The van der Waals surface area contributed by atoms with Crippen molar-refractivity contribution < 1.29 is 4.74 Å². The number of rotatable bonds is 7. The third-order valence-electron chi connectivity index (χ3n) is 4.64. The van der Waals surface area contributed by atoms with Crippen molar-refractivity contribution >= 4 is 41.3 Å². The molecule has 0 bridgehead atoms. The molecule has 0 spiro atoms. The molecule has 3 rings (SSSR count). The fourth-order valence-electron chi connectivity index (χ4n) is 3.04. The van der Waals surface area contributed by atoms with Gasteiger partial charge in [-0.05, 0) is 17.5 Å². The predicted octanol–water partition coefficient (Wildman–Crippen LogP) is 3.02. The molecule has 2 aromatic rings. The van der Waals surface area contributed by atoms with E-state index in [1.807, 2.05) is 6.20 Å². The molecule has 1 aliphatic heterocycles. The number of ether oxygens (including phenoxy) is 1. The zero-order valence-corrected chi connectivity index (χ0v) is 19.8. The van der Waals surface area contributed by atoms with Gasteiger partial charge in [0.1, 0.15) is 5.01 Å². The van der Waals surface area contributed by atoms with Crippen LogP contribution in [0.1, 0.15) is 27.9 Å². The van der Waals surface area contributed by atoms with Crippen LogP contribution in [0.5, 0.6) is 0 Å². The summed E-state index contributed by atoms with van der Waals surface area (Å²) < 4.78 is 5.45. The van der Waals surface area contributed by atoms with Gasteiger partial charge < -0.3 is 15.4 Å². The maximum atomic E-state index is 5.45. The van der Waals surface area contributed by atoms with Gasteiger partial charge in [-0.1, -0.05) is 31.2 Å². The molecule has 1 aromatic heterocycles. The number of aryl methyl sites for hydroxylation is 1. The number of benzene rings is 1. The number of aliphatic imine (C=N–C) groups is 1. The normalized spacial score (nSPS) is 15.1. The van der Waals surface area contributed by atoms with Crippen LogP contribution in [0.2, 0.25) is 0 Å². The number of guanidine groups is 1. The van der Waals surface area contributed by atoms with Crippen LogP contribution in [0.15, 0.2) is 35.5 Å². The summed E-state index contributed by atoms with van der Waals surface area (Å²) in [6.45, 7) is 8.21. The summed E-state index contributed by atoms with van der Waals surface area (Å²) in [6.07, 6.45) is 2.99. The van der Waals surface area contributed by atoms with E-state index in [1.165, 1.54) is 16.0 Å². The highest BCUT2D eigenvalue weighted by atomic mass is 127. The molecule has 6 nitrogen and oxygen atoms in total. The van der Waals surface area contributed by atoms with E-state index < -0.39 is 0 Å². The molecule has 0 radical (unpaired) electrons. The van der Waals surface area contributed by atoms with Gasteiger partial charge in [0, 0.05) is 44.3 Å². The van der Waals surface area contributed by atoms with E-state index in [0.717, 1.165) is 56.8 Å². The lowest BCUT2D eigenvalue weighted by Crippen LogP contribution is -2.37. The van der Waals surface area contributed by atoms with Crippen molar-refractivity contribution in [1.29, 1.82) is 0 Å². The molecule has 0 atom stereocenters. The molecule has 1 aliphatic rings. The van der Waals surface area contributed by atoms with Gasteiger partial charge >= 0.3 is 0 Å². The highest BCUT2D eigenvalue weighted by molar-refractivity contribution is 14.0. The van der Waals surface area contributed by atoms with Crippen molar-refractivity contribution in [2.24, 2.45) is 4.99 Å². The first kappa shape index (κ1) is 23.1. The SMILES string of the molecule is CCc1cnc(CNC(=NC)NCc2ccccc2CN2CCOCC2)s1.I. The minimum Gasteiger partial charge on any atom is -0.379 e. The first-order valence-corrected chi connectivity index (χ1v) is 10.3. The summed E-state index contributed by atoms with van der Waals surface area (Å²) in [7, 11) is 1.80. The second-order valence-corrected chi connectivity index (χ2v) is 7.71. The molecular weight excluding hydrogens is 485 g/mol. The van der Waals surface area contributed by atoms with Crippen LogP contribution in [0.25, 0.3) is 0 Å². The Morgan fingerprint density at radius 3 is 2.57 bits per heavy atom. The summed E-state index contributed by atoms with van der Waals surface area (Å²) in [5.74, 6) is 0.796. The Labute approximate surface area is 188 Å². The van der Waals surface area contributed by atoms with Gasteiger partial charge in [0.25, 0.3) is 0 Å². The maximum Gasteiger partial charge on any atom is 0.191 e. The van der Waals surface area contributed by atoms with Gasteiger partial charge in [-0.15, -0.1) is 35.3 Å². The molecule has 8 heteroatoms. The van der Waals surface area contributed by atoms with Crippen molar-refractivity contribution in [3.63, 3.8) is 0 Å². The van der Waals surface area contributed by atoms with Crippen LogP contribution in [-0.4, -0.2) is 49.2 Å². The molecule has 0 aliphatic carbocycles. The first-order chi connectivity index (χ1) is 13.3. The quantitative estimate of drug-likeness (QED) is 0.338. The lowest BCUT2D eigenvalue weighted by Gasteiger charge is -2.27. The monoisotopic (exact) mass is 515 g/mol. The van der Waals surface area contributed by atoms with E-state index in [2.05, 4.69) is 56.7 Å². The van der Waals surface area contributed by atoms with Gasteiger partial charge in [0.05, 0.1) is 19.8 Å². The number of nitrogens with zero attached hydrogens (tertiary/aromatic N) is 3. The molecule has 0 unspecified atom stereocenters. The van der Waals surface area contributed by atoms with Crippen molar-refractivity contribution in [3.05, 3.63) is 51.5 Å². The average molecular weight is 515 g/mol. The molecule has 0 amide bonds. The zero-order valence-electron chi connectivity index (χ0n) is 16.6. The van der Waals surface area contributed by atoms with E-state index >= 15 is 0 Å². The Kier molecular flexibility index (Phi) is 10.2. The van der Waals surface area contributed by atoms with E-state index in [1.54, 1.807) is 18.4 Å². The number of aromatic nitrogens is 1. The smallest absolute Gasteiger partial charge is 0.191 e. The molecule has 1 fully saturated rings. The van der Waals surface area contributed by atoms with Crippen LogP contribution in [0, 0.1) is 0 Å². The fourth-order valence-corrected chi connectivity index (χ4v) is 3.84. The summed E-state index contributed by atoms with van der Waals surface area (Å²) in [5, 5.41) is 7.87. The fraction of sp³-hybridized carbons (Fsp3) is 0.500. The van der Waals surface area contributed by atoms with Crippen molar-refractivity contribution in [3.8, 4) is 0 Å². The lowest BCUT2D eigenvalue weighted by molar-refractivity contribution is 0.0341. The predicted molar refractivity (Wildman–Crippen MR) is 126 cm³/mol. The van der Waals surface area contributed by atoms with E-state index in [9.17, 15) is 0 Å². The van der Waals surface area contributed by atoms with Crippen LogP contribution < -0.4 is 10.6 Å². The summed E-state index contributed by atoms with van der Waals surface area (Å²) in [5.41, 5.74) is 2.66. The maximum absolute atomic E-state index is 5.45. The number of halogens is 1. The highest BCUT2D eigenvalue weighted by Gasteiger charge is 2.13. The summed E-state index contributed by atoms with van der Waals surface area (Å²) in [6, 6.07) is 8.60. The minimum atomic E-state index is 0. The summed E-state index contributed by atoms with van der Waals surface area (Å²) in [4.78, 5) is 12.5. The van der Waals surface area contributed by atoms with Crippen LogP contribution in [-0.2, 0) is 30.8 Å². The number of nitrogens with one attached hydrogen (secondary N) is 2. The first-order valence-electron chi connectivity index (χ1n) is 9.53. The Balaban J connectivity index is 0.00000280. The van der Waals surface area contributed by atoms with Gasteiger partial charge in [-0.25, -0.2) is 4.98 Å². The molecule has 28 heavy (non-hydrogen) atoms. The van der Waals surface area contributed by atoms with Crippen LogP contribution in [0.4, 0.5) is 0 Å². The van der Waals surface area contributed by atoms with E-state index in [-0.39, 0.29) is 24.0 Å². The summed E-state index contributed by atoms with van der Waals surface area (Å²) >= 11 is 1.75. The molecule has 1 saturated heterocycles. The molecule has 2 N–H and O–H groups in total. The highest BCUT2D eigenvalue weighted by Crippen LogP contribution is 2.14. The van der Waals surface area contributed by atoms with Gasteiger partial charge in [-0.3, -0.25) is 9.89 Å².